The molecular weight excluding hydrogens is 186 g/mol. The molecular formula is C13H29NO. The summed E-state index contributed by atoms with van der Waals surface area (Å²) in [6.07, 6.45) is 9.50. The smallest absolute Gasteiger partial charge is 0.0714 e. The maximum Gasteiger partial charge on any atom is 0.0714 e. The van der Waals surface area contributed by atoms with E-state index in [4.69, 9.17) is 5.73 Å². The summed E-state index contributed by atoms with van der Waals surface area (Å²) in [4.78, 5) is 0. The topological polar surface area (TPSA) is 46.2 Å². The molecule has 0 bridgehead atoms. The van der Waals surface area contributed by atoms with Crippen molar-refractivity contribution in [2.75, 3.05) is 0 Å². The first-order valence-corrected chi connectivity index (χ1v) is 6.45. The van der Waals surface area contributed by atoms with Crippen LogP contribution in [0.1, 0.15) is 72.1 Å². The molecule has 0 heterocycles. The van der Waals surface area contributed by atoms with Gasteiger partial charge in [-0.25, -0.2) is 0 Å². The maximum absolute atomic E-state index is 9.70. The molecule has 0 radical (unpaired) electrons. The van der Waals surface area contributed by atoms with Gasteiger partial charge in [-0.2, -0.15) is 0 Å². The Bertz CT molecular complexity index is 140. The molecule has 0 aromatic rings. The fraction of sp³-hybridized carbons (Fsp3) is 1.00. The Kier molecular flexibility index (Phi) is 8.07. The van der Waals surface area contributed by atoms with Gasteiger partial charge in [0.2, 0.25) is 0 Å². The molecule has 0 aliphatic heterocycles. The van der Waals surface area contributed by atoms with Crippen LogP contribution in [0.5, 0.6) is 0 Å². The number of rotatable bonds is 9. The van der Waals surface area contributed by atoms with Gasteiger partial charge in [0.1, 0.15) is 0 Å². The maximum atomic E-state index is 9.70. The zero-order valence-corrected chi connectivity index (χ0v) is 10.8. The largest absolute Gasteiger partial charge is 0.391 e. The lowest BCUT2D eigenvalue weighted by Gasteiger charge is -2.25. The Labute approximate surface area is 95.3 Å². The van der Waals surface area contributed by atoms with Gasteiger partial charge in [0.25, 0.3) is 0 Å². The lowest BCUT2D eigenvalue weighted by molar-refractivity contribution is 0.0925. The predicted octanol–water partition coefficient (Wildman–Crippen LogP) is 3.23. The zero-order chi connectivity index (χ0) is 11.7. The molecule has 1 atom stereocenters. The van der Waals surface area contributed by atoms with E-state index in [2.05, 4.69) is 6.92 Å². The third-order valence-electron chi connectivity index (χ3n) is 2.94. The molecule has 92 valence electrons. The van der Waals surface area contributed by atoms with Crippen molar-refractivity contribution < 1.29 is 5.11 Å². The van der Waals surface area contributed by atoms with E-state index in [1.54, 1.807) is 0 Å². The first-order valence-electron chi connectivity index (χ1n) is 6.45. The van der Waals surface area contributed by atoms with Gasteiger partial charge < -0.3 is 10.8 Å². The van der Waals surface area contributed by atoms with Gasteiger partial charge in [-0.3, -0.25) is 0 Å². The molecule has 0 spiro atoms. The third-order valence-corrected chi connectivity index (χ3v) is 2.94. The number of hydrogen-bond acceptors (Lipinski definition) is 2. The predicted molar refractivity (Wildman–Crippen MR) is 66.9 cm³/mol. The van der Waals surface area contributed by atoms with Gasteiger partial charge >= 0.3 is 0 Å². The van der Waals surface area contributed by atoms with Crippen molar-refractivity contribution in [3.63, 3.8) is 0 Å². The van der Waals surface area contributed by atoms with Gasteiger partial charge in [0.05, 0.1) is 6.10 Å². The zero-order valence-electron chi connectivity index (χ0n) is 10.8. The minimum absolute atomic E-state index is 0.354. The summed E-state index contributed by atoms with van der Waals surface area (Å²) in [7, 11) is 0. The molecule has 1 unspecified atom stereocenters. The van der Waals surface area contributed by atoms with E-state index in [0.29, 0.717) is 0 Å². The van der Waals surface area contributed by atoms with Crippen molar-refractivity contribution in [2.24, 2.45) is 5.73 Å². The van der Waals surface area contributed by atoms with Gasteiger partial charge in [-0.15, -0.1) is 0 Å². The van der Waals surface area contributed by atoms with Crippen molar-refractivity contribution >= 4 is 0 Å². The number of aliphatic hydroxyl groups excluding tert-OH is 1. The highest BCUT2D eigenvalue weighted by Gasteiger charge is 2.21. The first kappa shape index (κ1) is 14.9. The average Bonchev–Trinajstić information content (AvgIpc) is 2.14. The molecule has 0 aliphatic rings. The molecule has 0 fully saturated rings. The van der Waals surface area contributed by atoms with E-state index in [1.807, 2.05) is 13.8 Å². The quantitative estimate of drug-likeness (QED) is 0.580. The van der Waals surface area contributed by atoms with Crippen molar-refractivity contribution in [3.8, 4) is 0 Å². The molecule has 15 heavy (non-hydrogen) atoms. The first-order chi connectivity index (χ1) is 6.98. The minimum atomic E-state index is -0.442. The van der Waals surface area contributed by atoms with Crippen LogP contribution in [-0.4, -0.2) is 16.7 Å². The van der Waals surface area contributed by atoms with Gasteiger partial charge in [0.15, 0.2) is 0 Å². The van der Waals surface area contributed by atoms with Crippen LogP contribution in [0.15, 0.2) is 0 Å². The molecule has 0 rings (SSSR count). The Hall–Kier alpha value is -0.0800. The SMILES string of the molecule is CCCCCCCCCC(O)C(C)(C)N. The summed E-state index contributed by atoms with van der Waals surface area (Å²) < 4.78 is 0. The second-order valence-corrected chi connectivity index (χ2v) is 5.25. The van der Waals surface area contributed by atoms with Gasteiger partial charge in [-0.1, -0.05) is 51.9 Å². The molecule has 0 saturated carbocycles. The van der Waals surface area contributed by atoms with Gasteiger partial charge in [-0.05, 0) is 20.3 Å². The summed E-state index contributed by atoms with van der Waals surface area (Å²) >= 11 is 0. The van der Waals surface area contributed by atoms with Crippen LogP contribution in [0, 0.1) is 0 Å². The highest BCUT2D eigenvalue weighted by atomic mass is 16.3. The summed E-state index contributed by atoms with van der Waals surface area (Å²) in [5, 5.41) is 9.70. The second-order valence-electron chi connectivity index (χ2n) is 5.25. The molecule has 0 saturated heterocycles. The fourth-order valence-corrected chi connectivity index (χ4v) is 1.67. The van der Waals surface area contributed by atoms with E-state index < -0.39 is 5.54 Å². The van der Waals surface area contributed by atoms with Crippen molar-refractivity contribution in [1.82, 2.24) is 0 Å². The van der Waals surface area contributed by atoms with Crippen molar-refractivity contribution in [1.29, 1.82) is 0 Å². The molecule has 0 aromatic heterocycles. The number of hydrogen-bond donors (Lipinski definition) is 2. The molecule has 2 nitrogen and oxygen atoms in total. The Balaban J connectivity index is 3.24. The van der Waals surface area contributed by atoms with Crippen LogP contribution in [0.3, 0.4) is 0 Å². The van der Waals surface area contributed by atoms with Crippen LogP contribution in [-0.2, 0) is 0 Å². The van der Waals surface area contributed by atoms with Crippen LogP contribution >= 0.6 is 0 Å². The molecule has 3 N–H and O–H groups in total. The third kappa shape index (κ3) is 8.88. The molecule has 0 amide bonds. The van der Waals surface area contributed by atoms with Gasteiger partial charge in [0, 0.05) is 5.54 Å². The van der Waals surface area contributed by atoms with Crippen molar-refractivity contribution in [3.05, 3.63) is 0 Å². The monoisotopic (exact) mass is 215 g/mol. The Morgan fingerprint density at radius 2 is 1.47 bits per heavy atom. The van der Waals surface area contributed by atoms with Crippen LogP contribution < -0.4 is 5.73 Å². The Morgan fingerprint density at radius 3 is 1.93 bits per heavy atom. The highest BCUT2D eigenvalue weighted by molar-refractivity contribution is 4.81. The average molecular weight is 215 g/mol. The van der Waals surface area contributed by atoms with Crippen LogP contribution in [0.2, 0.25) is 0 Å². The molecule has 0 aromatic carbocycles. The standard InChI is InChI=1S/C13H29NO/c1-4-5-6-7-8-9-10-11-12(15)13(2,3)14/h12,15H,4-11,14H2,1-3H3. The second kappa shape index (κ2) is 8.12. The van der Waals surface area contributed by atoms with Crippen molar-refractivity contribution in [2.45, 2.75) is 83.8 Å². The lowest BCUT2D eigenvalue weighted by Crippen LogP contribution is -2.44. The fourth-order valence-electron chi connectivity index (χ4n) is 1.67. The number of nitrogens with two attached hydrogens (primary N) is 1. The lowest BCUT2D eigenvalue weighted by atomic mass is 9.94. The van der Waals surface area contributed by atoms with E-state index in [1.165, 1.54) is 38.5 Å². The normalized spacial score (nSPS) is 14.2. The van der Waals surface area contributed by atoms with E-state index in [9.17, 15) is 5.11 Å². The van der Waals surface area contributed by atoms with Crippen LogP contribution in [0.25, 0.3) is 0 Å². The summed E-state index contributed by atoms with van der Waals surface area (Å²) in [6.45, 7) is 6.01. The van der Waals surface area contributed by atoms with E-state index in [-0.39, 0.29) is 6.10 Å². The highest BCUT2D eigenvalue weighted by Crippen LogP contribution is 2.14. The Morgan fingerprint density at radius 1 is 1.00 bits per heavy atom. The summed E-state index contributed by atoms with van der Waals surface area (Å²) in [5.74, 6) is 0. The minimum Gasteiger partial charge on any atom is -0.391 e. The van der Waals surface area contributed by atoms with E-state index in [0.717, 1.165) is 12.8 Å². The van der Waals surface area contributed by atoms with E-state index >= 15 is 0 Å². The van der Waals surface area contributed by atoms with Crippen LogP contribution in [0.4, 0.5) is 0 Å². The number of aliphatic hydroxyl groups is 1. The molecule has 0 aliphatic carbocycles. The summed E-state index contributed by atoms with van der Waals surface area (Å²) in [6, 6.07) is 0. The summed E-state index contributed by atoms with van der Waals surface area (Å²) in [5.41, 5.74) is 5.37. The number of unbranched alkanes of at least 4 members (excludes halogenated alkanes) is 6. The molecule has 2 heteroatoms.